The fraction of sp³-hybridized carbons (Fsp3) is 0.0167. The second-order valence-electron chi connectivity index (χ2n) is 16.6. The van der Waals surface area contributed by atoms with Crippen LogP contribution in [-0.2, 0) is 6.54 Å². The van der Waals surface area contributed by atoms with Crippen LogP contribution in [0.1, 0.15) is 16.7 Å². The van der Waals surface area contributed by atoms with Crippen LogP contribution < -0.4 is 10.6 Å². The molecule has 0 aliphatic carbocycles. The molecule has 0 spiro atoms. The molecule has 5 heteroatoms. The number of rotatable bonds is 8. The van der Waals surface area contributed by atoms with Crippen LogP contribution in [-0.4, -0.2) is 14.8 Å². The second kappa shape index (κ2) is 15.9. The van der Waals surface area contributed by atoms with Crippen LogP contribution in [0.3, 0.4) is 0 Å². The molecule has 0 saturated carbocycles. The molecule has 0 unspecified atom stereocenters. The van der Waals surface area contributed by atoms with Crippen molar-refractivity contribution in [3.05, 3.63) is 253 Å². The molecular weight excluding hydrogens is 791 g/mol. The van der Waals surface area contributed by atoms with Crippen molar-refractivity contribution in [1.82, 2.24) is 9.13 Å². The van der Waals surface area contributed by atoms with Crippen molar-refractivity contribution < 1.29 is 0 Å². The van der Waals surface area contributed by atoms with Crippen LogP contribution in [0.25, 0.3) is 72.2 Å². The molecule has 11 aromatic rings. The molecule has 12 rings (SSSR count). The molecule has 0 amide bonds. The van der Waals surface area contributed by atoms with Crippen LogP contribution in [0, 0.1) is 0 Å². The fourth-order valence-electron chi connectivity index (χ4n) is 9.64. The molecule has 2 aromatic heterocycles. The van der Waals surface area contributed by atoms with Gasteiger partial charge in [0.1, 0.15) is 0 Å². The van der Waals surface area contributed by atoms with Gasteiger partial charge in [-0.2, -0.15) is 0 Å². The topological polar surface area (TPSA) is 51.5 Å². The van der Waals surface area contributed by atoms with Crippen molar-refractivity contribution in [3.8, 4) is 33.8 Å². The summed E-state index contributed by atoms with van der Waals surface area (Å²) in [5.74, 6) is 0. The van der Waals surface area contributed by atoms with Gasteiger partial charge < -0.3 is 19.8 Å². The first-order valence-corrected chi connectivity index (χ1v) is 22.1. The molecule has 308 valence electrons. The van der Waals surface area contributed by atoms with Crippen molar-refractivity contribution in [2.75, 3.05) is 4.90 Å². The van der Waals surface area contributed by atoms with Gasteiger partial charge in [-0.15, -0.1) is 0 Å². The lowest BCUT2D eigenvalue weighted by Crippen LogP contribution is -2.11. The summed E-state index contributed by atoms with van der Waals surface area (Å²) >= 11 is 0. The summed E-state index contributed by atoms with van der Waals surface area (Å²) in [4.78, 5) is 7.42. The molecule has 0 atom stereocenters. The Morgan fingerprint density at radius 3 is 1.88 bits per heavy atom. The van der Waals surface area contributed by atoms with Gasteiger partial charge in [0.05, 0.1) is 51.6 Å². The average molecular weight is 834 g/mol. The highest BCUT2D eigenvalue weighted by Gasteiger charge is 2.27. The molecule has 0 radical (unpaired) electrons. The third kappa shape index (κ3) is 6.69. The summed E-state index contributed by atoms with van der Waals surface area (Å²) in [5.41, 5.74) is 25.3. The van der Waals surface area contributed by atoms with E-state index in [2.05, 4.69) is 208 Å². The number of hydrogen-bond donors (Lipinski definition) is 1. The van der Waals surface area contributed by atoms with Crippen molar-refractivity contribution in [3.63, 3.8) is 0 Å². The van der Waals surface area contributed by atoms with Gasteiger partial charge in [-0.05, 0) is 113 Å². The van der Waals surface area contributed by atoms with E-state index in [1.807, 2.05) is 42.5 Å². The van der Waals surface area contributed by atoms with E-state index in [0.717, 1.165) is 61.9 Å². The summed E-state index contributed by atoms with van der Waals surface area (Å²) < 4.78 is 4.79. The van der Waals surface area contributed by atoms with E-state index in [-0.39, 0.29) is 0 Å². The molecule has 65 heavy (non-hydrogen) atoms. The Hall–Kier alpha value is -8.67. The van der Waals surface area contributed by atoms with Crippen molar-refractivity contribution in [2.45, 2.75) is 6.54 Å². The maximum absolute atomic E-state index is 6.96. The Balaban J connectivity index is 0.937. The lowest BCUT2D eigenvalue weighted by Gasteiger charge is -2.26. The number of aliphatic imine (C=N–C) groups is 1. The molecule has 0 bridgehead atoms. The third-order valence-electron chi connectivity index (χ3n) is 12.7. The summed E-state index contributed by atoms with van der Waals surface area (Å²) in [6.07, 6.45) is 2.01. The van der Waals surface area contributed by atoms with Gasteiger partial charge in [-0.3, -0.25) is 4.99 Å². The molecule has 3 heterocycles. The van der Waals surface area contributed by atoms with Gasteiger partial charge in [0.25, 0.3) is 0 Å². The van der Waals surface area contributed by atoms with Gasteiger partial charge in [-0.1, -0.05) is 152 Å². The summed E-state index contributed by atoms with van der Waals surface area (Å²) in [6, 6.07) is 82.1. The zero-order valence-corrected chi connectivity index (χ0v) is 35.6. The Kier molecular flexibility index (Phi) is 9.31. The Morgan fingerprint density at radius 1 is 0.446 bits per heavy atom. The number of benzene rings is 9. The van der Waals surface area contributed by atoms with Crippen molar-refractivity contribution in [2.24, 2.45) is 10.7 Å². The number of anilines is 3. The molecule has 5 nitrogen and oxygen atoms in total. The minimum absolute atomic E-state index is 0.566. The first kappa shape index (κ1) is 38.0. The minimum Gasteiger partial charge on any atom is -0.398 e. The van der Waals surface area contributed by atoms with Crippen LogP contribution in [0.2, 0.25) is 0 Å². The van der Waals surface area contributed by atoms with Gasteiger partial charge in [0, 0.05) is 38.8 Å². The van der Waals surface area contributed by atoms with Gasteiger partial charge in [0.15, 0.2) is 0 Å². The Labute approximate surface area is 377 Å². The predicted molar refractivity (Wildman–Crippen MR) is 272 cm³/mol. The molecule has 0 saturated heterocycles. The van der Waals surface area contributed by atoms with Gasteiger partial charge in [0.2, 0.25) is 0 Å². The number of allylic oxidation sites excluding steroid dienone is 1. The monoisotopic (exact) mass is 833 g/mol. The van der Waals surface area contributed by atoms with E-state index < -0.39 is 0 Å². The molecule has 9 aromatic carbocycles. The van der Waals surface area contributed by atoms with Crippen LogP contribution >= 0.6 is 0 Å². The first-order valence-electron chi connectivity index (χ1n) is 22.1. The number of nitrogens with zero attached hydrogens (tertiary/aromatic N) is 4. The highest BCUT2D eigenvalue weighted by atomic mass is 15.2. The molecule has 2 N–H and O–H groups in total. The lowest BCUT2D eigenvalue weighted by atomic mass is 10.0. The number of nitrogens with two attached hydrogens (primary N) is 1. The maximum atomic E-state index is 6.96. The summed E-state index contributed by atoms with van der Waals surface area (Å²) in [6.45, 7) is 0.566. The fourth-order valence-corrected chi connectivity index (χ4v) is 9.64. The van der Waals surface area contributed by atoms with Gasteiger partial charge in [-0.25, -0.2) is 0 Å². The van der Waals surface area contributed by atoms with Gasteiger partial charge >= 0.3 is 0 Å². The normalized spacial score (nSPS) is 12.6. The summed E-state index contributed by atoms with van der Waals surface area (Å²) in [7, 11) is 0. The molecule has 1 aliphatic heterocycles. The number of fused-ring (bicyclic) bond motifs is 10. The smallest absolute Gasteiger partial charge is 0.0702 e. The Morgan fingerprint density at radius 2 is 1.06 bits per heavy atom. The van der Waals surface area contributed by atoms with E-state index >= 15 is 0 Å². The SMILES string of the molecule is N/C(=C\C(=NCc1ccccc1)c1ccccc1)c1cccc(-n2c3ccccc3c3cc(-c4ccc5c(c4)cc4n5-c5ccccc5N(c5ccccc5)c5ccccc5-4)ccc32)c1. The lowest BCUT2D eigenvalue weighted by molar-refractivity contribution is 1.07. The van der Waals surface area contributed by atoms with Crippen LogP contribution in [0.5, 0.6) is 0 Å². The van der Waals surface area contributed by atoms with E-state index in [0.29, 0.717) is 12.2 Å². The molecule has 1 aliphatic rings. The Bertz CT molecular complexity index is 3630. The van der Waals surface area contributed by atoms with E-state index in [4.69, 9.17) is 10.7 Å². The van der Waals surface area contributed by atoms with Crippen LogP contribution in [0.15, 0.2) is 242 Å². The highest BCUT2D eigenvalue weighted by molar-refractivity contribution is 6.13. The largest absolute Gasteiger partial charge is 0.398 e. The quantitative estimate of drug-likeness (QED) is 0.155. The predicted octanol–water partition coefficient (Wildman–Crippen LogP) is 14.8. The summed E-state index contributed by atoms with van der Waals surface area (Å²) in [5, 5.41) is 3.59. The maximum Gasteiger partial charge on any atom is 0.0702 e. The highest BCUT2D eigenvalue weighted by Crippen LogP contribution is 2.49. The second-order valence-corrected chi connectivity index (χ2v) is 16.6. The van der Waals surface area contributed by atoms with E-state index in [1.54, 1.807) is 0 Å². The minimum atomic E-state index is 0.566. The standard InChI is InChI=1S/C60H43N5/c61-52(39-53(42-19-6-2-7-20-42)62-40-41-17-4-1-5-18-41)45-21-16-24-48(36-45)64-55-27-12-10-25-49(55)51-37-44(32-34-57(51)64)43-31-33-54-46(35-43)38-60-50-26-11-13-28-56(50)63(47-22-8-3-9-23-47)58-29-14-15-30-59(58)65(54)60/h1-39H,40,61H2/b52-39-,62-53?. The van der Waals surface area contributed by atoms with Crippen molar-refractivity contribution >= 4 is 61.2 Å². The number of aromatic nitrogens is 2. The first-order chi connectivity index (χ1) is 32.2. The number of para-hydroxylation sites is 5. The van der Waals surface area contributed by atoms with E-state index in [9.17, 15) is 0 Å². The van der Waals surface area contributed by atoms with Crippen LogP contribution in [0.4, 0.5) is 17.1 Å². The number of hydrogen-bond acceptors (Lipinski definition) is 3. The van der Waals surface area contributed by atoms with E-state index in [1.165, 1.54) is 44.1 Å². The zero-order chi connectivity index (χ0) is 43.3. The molecule has 0 fully saturated rings. The third-order valence-corrected chi connectivity index (χ3v) is 12.7. The zero-order valence-electron chi connectivity index (χ0n) is 35.6. The average Bonchev–Trinajstić information content (AvgIpc) is 3.88. The molecular formula is C60H43N5. The van der Waals surface area contributed by atoms with Crippen molar-refractivity contribution in [1.29, 1.82) is 0 Å².